The van der Waals surface area contributed by atoms with Gasteiger partial charge in [0.15, 0.2) is 5.76 Å². The van der Waals surface area contributed by atoms with Crippen molar-refractivity contribution in [2.45, 2.75) is 12.6 Å². The topological polar surface area (TPSA) is 115 Å². The van der Waals surface area contributed by atoms with E-state index in [1.54, 1.807) is 24.3 Å². The van der Waals surface area contributed by atoms with Crippen LogP contribution in [0.25, 0.3) is 5.69 Å². The van der Waals surface area contributed by atoms with Gasteiger partial charge in [0.1, 0.15) is 6.33 Å². The number of tetrazole rings is 1. The van der Waals surface area contributed by atoms with Gasteiger partial charge in [-0.25, -0.2) is 4.68 Å². The third kappa shape index (κ3) is 5.23. The Morgan fingerprint density at radius 3 is 2.45 bits per heavy atom. The summed E-state index contributed by atoms with van der Waals surface area (Å²) in [5, 5.41) is 15.4. The fourth-order valence-corrected chi connectivity index (χ4v) is 2.99. The highest BCUT2D eigenvalue weighted by molar-refractivity contribution is 6.02. The van der Waals surface area contributed by atoms with Crippen LogP contribution in [0.15, 0.2) is 71.6 Å². The lowest BCUT2D eigenvalue weighted by molar-refractivity contribution is -0.136. The average Bonchev–Trinajstić information content (AvgIpc) is 3.49. The van der Waals surface area contributed by atoms with Gasteiger partial charge in [0.2, 0.25) is 5.91 Å². The fraction of sp³-hybridized carbons (Fsp3) is 0.0952. The van der Waals surface area contributed by atoms with Crippen molar-refractivity contribution in [3.05, 3.63) is 84.1 Å². The number of benzene rings is 2. The first-order chi connectivity index (χ1) is 15.8. The molecule has 0 saturated carbocycles. The first-order valence-corrected chi connectivity index (χ1v) is 9.48. The lowest BCUT2D eigenvalue weighted by Crippen LogP contribution is -2.19. The van der Waals surface area contributed by atoms with Gasteiger partial charge in [-0.3, -0.25) is 9.59 Å². The molecular formula is C21H15F3N6O3. The van der Waals surface area contributed by atoms with Gasteiger partial charge in [-0.2, -0.15) is 13.2 Å². The van der Waals surface area contributed by atoms with Gasteiger partial charge in [-0.05, 0) is 58.5 Å². The van der Waals surface area contributed by atoms with Crippen molar-refractivity contribution in [2.75, 3.05) is 10.6 Å². The fourth-order valence-electron chi connectivity index (χ4n) is 2.99. The molecular weight excluding hydrogens is 441 g/mol. The summed E-state index contributed by atoms with van der Waals surface area (Å²) in [5.41, 5.74) is -0.369. The number of nitrogens with zero attached hydrogens (tertiary/aromatic N) is 4. The van der Waals surface area contributed by atoms with E-state index in [0.29, 0.717) is 11.3 Å². The van der Waals surface area contributed by atoms with E-state index in [9.17, 15) is 22.8 Å². The zero-order valence-electron chi connectivity index (χ0n) is 16.7. The summed E-state index contributed by atoms with van der Waals surface area (Å²) in [6.45, 7) is 0. The minimum Gasteiger partial charge on any atom is -0.459 e. The van der Waals surface area contributed by atoms with Gasteiger partial charge < -0.3 is 15.1 Å². The molecule has 0 aliphatic heterocycles. The Hall–Kier alpha value is -4.48. The van der Waals surface area contributed by atoms with Crippen LogP contribution in [0.4, 0.5) is 24.5 Å². The van der Waals surface area contributed by atoms with Crippen LogP contribution in [0, 0.1) is 0 Å². The molecule has 0 spiro atoms. The number of halogens is 3. The number of rotatable bonds is 6. The van der Waals surface area contributed by atoms with Crippen molar-refractivity contribution in [1.29, 1.82) is 0 Å². The molecule has 0 bridgehead atoms. The smallest absolute Gasteiger partial charge is 0.418 e. The van der Waals surface area contributed by atoms with Gasteiger partial charge in [0, 0.05) is 5.69 Å². The maximum Gasteiger partial charge on any atom is 0.418 e. The summed E-state index contributed by atoms with van der Waals surface area (Å²) in [5.74, 6) is -1.38. The number of carbonyl (C=O) groups excluding carboxylic acids is 2. The maximum atomic E-state index is 13.6. The molecule has 33 heavy (non-hydrogen) atoms. The predicted octanol–water partition coefficient (Wildman–Crippen LogP) is 3.71. The van der Waals surface area contributed by atoms with E-state index in [2.05, 4.69) is 26.2 Å². The largest absolute Gasteiger partial charge is 0.459 e. The van der Waals surface area contributed by atoms with Gasteiger partial charge in [0.05, 0.1) is 29.6 Å². The minimum atomic E-state index is -4.76. The zero-order chi connectivity index (χ0) is 23.4. The molecule has 0 aliphatic rings. The highest BCUT2D eigenvalue weighted by Gasteiger charge is 2.34. The number of hydrogen-bond acceptors (Lipinski definition) is 6. The summed E-state index contributed by atoms with van der Waals surface area (Å²) in [6, 6.07) is 12.6. The standard InChI is InChI=1S/C21H15F3N6O3/c22-21(23,24)16-11-14(26-20(32)18-2-1-9-33-18)5-8-17(16)27-19(31)10-13-3-6-15(7-4-13)30-12-25-28-29-30/h1-9,11-12H,10H2,(H,26,32)(H,27,31). The van der Waals surface area contributed by atoms with Gasteiger partial charge in [-0.1, -0.05) is 12.1 Å². The lowest BCUT2D eigenvalue weighted by Gasteiger charge is -2.16. The summed E-state index contributed by atoms with van der Waals surface area (Å²) in [6.07, 6.45) is -2.24. The van der Waals surface area contributed by atoms with Crippen molar-refractivity contribution in [3.8, 4) is 5.69 Å². The van der Waals surface area contributed by atoms with E-state index in [-0.39, 0.29) is 17.9 Å². The number of amides is 2. The maximum absolute atomic E-state index is 13.6. The number of nitrogens with one attached hydrogen (secondary N) is 2. The van der Waals surface area contributed by atoms with Crippen LogP contribution in [0.5, 0.6) is 0 Å². The number of alkyl halides is 3. The van der Waals surface area contributed by atoms with Gasteiger partial charge >= 0.3 is 6.18 Å². The molecule has 4 rings (SSSR count). The van der Waals surface area contributed by atoms with Crippen LogP contribution in [0.3, 0.4) is 0 Å². The molecule has 4 aromatic rings. The van der Waals surface area contributed by atoms with Crippen LogP contribution in [-0.2, 0) is 17.4 Å². The number of hydrogen-bond donors (Lipinski definition) is 2. The normalized spacial score (nSPS) is 11.2. The number of carbonyl (C=O) groups is 2. The van der Waals surface area contributed by atoms with E-state index in [4.69, 9.17) is 4.42 Å². The van der Waals surface area contributed by atoms with E-state index in [0.717, 1.165) is 12.1 Å². The zero-order valence-corrected chi connectivity index (χ0v) is 16.7. The Balaban J connectivity index is 1.47. The Kier molecular flexibility index (Phi) is 5.89. The summed E-state index contributed by atoms with van der Waals surface area (Å²) < 4.78 is 47.1. The van der Waals surface area contributed by atoms with Crippen molar-refractivity contribution in [1.82, 2.24) is 20.2 Å². The second kappa shape index (κ2) is 8.94. The van der Waals surface area contributed by atoms with E-state index in [1.807, 2.05) is 0 Å². The second-order valence-corrected chi connectivity index (χ2v) is 6.84. The molecule has 0 unspecified atom stereocenters. The molecule has 0 atom stereocenters. The third-order valence-electron chi connectivity index (χ3n) is 4.52. The molecule has 0 radical (unpaired) electrons. The Bertz CT molecular complexity index is 1250. The molecule has 2 N–H and O–H groups in total. The molecule has 12 heteroatoms. The summed E-state index contributed by atoms with van der Waals surface area (Å²) in [4.78, 5) is 24.4. The molecule has 2 aromatic heterocycles. The molecule has 0 saturated heterocycles. The monoisotopic (exact) mass is 456 g/mol. The van der Waals surface area contributed by atoms with Crippen LogP contribution >= 0.6 is 0 Å². The SMILES string of the molecule is O=C(Cc1ccc(-n2cnnn2)cc1)Nc1ccc(NC(=O)c2ccco2)cc1C(F)(F)F. The predicted molar refractivity (Wildman–Crippen MR) is 110 cm³/mol. The van der Waals surface area contributed by atoms with Gasteiger partial charge in [-0.15, -0.1) is 5.10 Å². The quantitative estimate of drug-likeness (QED) is 0.457. The van der Waals surface area contributed by atoms with Crippen molar-refractivity contribution < 1.29 is 27.2 Å². The Morgan fingerprint density at radius 2 is 1.82 bits per heavy atom. The molecule has 2 aromatic carbocycles. The molecule has 0 fully saturated rings. The summed E-state index contributed by atoms with van der Waals surface area (Å²) >= 11 is 0. The third-order valence-corrected chi connectivity index (χ3v) is 4.52. The van der Waals surface area contributed by atoms with Crippen molar-refractivity contribution in [3.63, 3.8) is 0 Å². The first-order valence-electron chi connectivity index (χ1n) is 9.48. The van der Waals surface area contributed by atoms with Crippen LogP contribution in [-0.4, -0.2) is 32.0 Å². The van der Waals surface area contributed by atoms with E-state index < -0.39 is 29.2 Å². The van der Waals surface area contributed by atoms with Crippen molar-refractivity contribution in [2.24, 2.45) is 0 Å². The molecule has 9 nitrogen and oxygen atoms in total. The van der Waals surface area contributed by atoms with E-state index in [1.165, 1.54) is 35.5 Å². The number of furan rings is 1. The van der Waals surface area contributed by atoms with E-state index >= 15 is 0 Å². The average molecular weight is 456 g/mol. The lowest BCUT2D eigenvalue weighted by atomic mass is 10.1. The van der Waals surface area contributed by atoms with Crippen LogP contribution < -0.4 is 10.6 Å². The first kappa shape index (κ1) is 21.7. The highest BCUT2D eigenvalue weighted by Crippen LogP contribution is 2.36. The Labute approximate surface area is 184 Å². The highest BCUT2D eigenvalue weighted by atomic mass is 19.4. The molecule has 168 valence electrons. The molecule has 2 amide bonds. The second-order valence-electron chi connectivity index (χ2n) is 6.84. The number of anilines is 2. The molecule has 2 heterocycles. The van der Waals surface area contributed by atoms with Crippen LogP contribution in [0.2, 0.25) is 0 Å². The minimum absolute atomic E-state index is 0.0490. The van der Waals surface area contributed by atoms with Gasteiger partial charge in [0.25, 0.3) is 5.91 Å². The number of aromatic nitrogens is 4. The molecule has 0 aliphatic carbocycles. The van der Waals surface area contributed by atoms with Crippen molar-refractivity contribution >= 4 is 23.2 Å². The summed E-state index contributed by atoms with van der Waals surface area (Å²) in [7, 11) is 0. The van der Waals surface area contributed by atoms with Crippen LogP contribution in [0.1, 0.15) is 21.7 Å². The Morgan fingerprint density at radius 1 is 1.03 bits per heavy atom.